The molecule has 0 amide bonds. The Labute approximate surface area is 164 Å². The first kappa shape index (κ1) is 18.4. The van der Waals surface area contributed by atoms with Gasteiger partial charge in [-0.15, -0.1) is 0 Å². The van der Waals surface area contributed by atoms with Gasteiger partial charge in [0.15, 0.2) is 0 Å². The molecule has 0 saturated carbocycles. The second-order valence-electron chi connectivity index (χ2n) is 5.61. The topological polar surface area (TPSA) is 68.1 Å². The Morgan fingerprint density at radius 2 is 1.81 bits per heavy atom. The molecule has 1 heterocycles. The van der Waals surface area contributed by atoms with Crippen molar-refractivity contribution in [2.45, 2.75) is 6.42 Å². The number of nitro groups is 1. The lowest BCUT2D eigenvalue weighted by Gasteiger charge is -2.08. The van der Waals surface area contributed by atoms with Gasteiger partial charge in [-0.2, -0.15) is 0 Å². The zero-order chi connectivity index (χ0) is 18.5. The summed E-state index contributed by atoms with van der Waals surface area (Å²) in [5.41, 5.74) is 3.12. The molecule has 0 fully saturated rings. The van der Waals surface area contributed by atoms with Crippen LogP contribution in [0.2, 0.25) is 5.02 Å². The van der Waals surface area contributed by atoms with Gasteiger partial charge in [-0.05, 0) is 45.6 Å². The Balaban J connectivity index is 1.65. The van der Waals surface area contributed by atoms with Crippen LogP contribution in [0.1, 0.15) is 5.56 Å². The molecule has 132 valence electrons. The highest BCUT2D eigenvalue weighted by molar-refractivity contribution is 9.10. The van der Waals surface area contributed by atoms with Crippen molar-refractivity contribution in [3.05, 3.63) is 86.0 Å². The fourth-order valence-corrected chi connectivity index (χ4v) is 3.13. The summed E-state index contributed by atoms with van der Waals surface area (Å²) in [7, 11) is 0. The van der Waals surface area contributed by atoms with Crippen molar-refractivity contribution in [3.8, 4) is 11.1 Å². The Morgan fingerprint density at radius 3 is 2.50 bits per heavy atom. The molecule has 1 aromatic heterocycles. The van der Waals surface area contributed by atoms with E-state index in [0.717, 1.165) is 21.7 Å². The average Bonchev–Trinajstić information content (AvgIpc) is 2.63. The lowest BCUT2D eigenvalue weighted by molar-refractivity contribution is -0.384. The summed E-state index contributed by atoms with van der Waals surface area (Å²) in [5.74, 6) is 0.261. The number of hydrogen-bond donors (Lipinski definition) is 1. The molecule has 0 bridgehead atoms. The number of nitrogens with zero attached hydrogens (tertiary/aromatic N) is 2. The van der Waals surface area contributed by atoms with E-state index < -0.39 is 4.92 Å². The fourth-order valence-electron chi connectivity index (χ4n) is 2.58. The van der Waals surface area contributed by atoms with E-state index in [-0.39, 0.29) is 11.5 Å². The van der Waals surface area contributed by atoms with Gasteiger partial charge in [-0.3, -0.25) is 10.1 Å². The molecule has 0 atom stereocenters. The predicted molar refractivity (Wildman–Crippen MR) is 108 cm³/mol. The average molecular weight is 433 g/mol. The number of anilines is 1. The number of pyridine rings is 1. The molecule has 3 aromatic rings. The van der Waals surface area contributed by atoms with E-state index in [1.54, 1.807) is 6.07 Å². The molecule has 0 unspecified atom stereocenters. The van der Waals surface area contributed by atoms with E-state index in [4.69, 9.17) is 11.6 Å². The van der Waals surface area contributed by atoms with Gasteiger partial charge in [-0.25, -0.2) is 4.98 Å². The molecule has 0 saturated heterocycles. The van der Waals surface area contributed by atoms with Gasteiger partial charge in [-0.1, -0.05) is 54.1 Å². The second-order valence-corrected chi connectivity index (χ2v) is 6.83. The van der Waals surface area contributed by atoms with Crippen LogP contribution >= 0.6 is 27.5 Å². The molecule has 0 radical (unpaired) electrons. The largest absolute Gasteiger partial charge is 0.364 e. The minimum Gasteiger partial charge on any atom is -0.364 e. The Bertz CT molecular complexity index is 932. The van der Waals surface area contributed by atoms with Crippen molar-refractivity contribution >= 4 is 39.0 Å². The van der Waals surface area contributed by atoms with E-state index in [1.165, 1.54) is 6.07 Å². The van der Waals surface area contributed by atoms with E-state index in [0.29, 0.717) is 17.6 Å². The summed E-state index contributed by atoms with van der Waals surface area (Å²) >= 11 is 9.46. The second kappa shape index (κ2) is 8.29. The summed E-state index contributed by atoms with van der Waals surface area (Å²) in [5, 5.41) is 14.8. The van der Waals surface area contributed by atoms with Gasteiger partial charge in [0.1, 0.15) is 4.60 Å². The van der Waals surface area contributed by atoms with E-state index >= 15 is 0 Å². The van der Waals surface area contributed by atoms with Crippen LogP contribution in [-0.4, -0.2) is 16.5 Å². The molecule has 7 heteroatoms. The van der Waals surface area contributed by atoms with Crippen molar-refractivity contribution in [3.63, 3.8) is 0 Å². The molecule has 0 aliphatic heterocycles. The lowest BCUT2D eigenvalue weighted by Crippen LogP contribution is -2.08. The van der Waals surface area contributed by atoms with Gasteiger partial charge >= 0.3 is 5.69 Å². The summed E-state index contributed by atoms with van der Waals surface area (Å²) in [4.78, 5) is 14.8. The van der Waals surface area contributed by atoms with Gasteiger partial charge in [0.2, 0.25) is 5.82 Å². The van der Waals surface area contributed by atoms with Crippen molar-refractivity contribution in [1.29, 1.82) is 0 Å². The molecular formula is C19H15BrClN3O2. The monoisotopic (exact) mass is 431 g/mol. The number of halogens is 2. The highest BCUT2D eigenvalue weighted by Crippen LogP contribution is 2.28. The highest BCUT2D eigenvalue weighted by atomic mass is 79.9. The van der Waals surface area contributed by atoms with Gasteiger partial charge in [0.25, 0.3) is 0 Å². The maximum Gasteiger partial charge on any atom is 0.311 e. The number of hydrogen-bond acceptors (Lipinski definition) is 4. The van der Waals surface area contributed by atoms with Gasteiger partial charge < -0.3 is 5.32 Å². The van der Waals surface area contributed by atoms with Crippen LogP contribution in [0.25, 0.3) is 11.1 Å². The first-order valence-electron chi connectivity index (χ1n) is 7.93. The number of benzene rings is 2. The third kappa shape index (κ3) is 4.39. The van der Waals surface area contributed by atoms with E-state index in [2.05, 4.69) is 26.2 Å². The minimum atomic E-state index is -0.444. The van der Waals surface area contributed by atoms with Crippen molar-refractivity contribution in [1.82, 2.24) is 4.98 Å². The number of rotatable bonds is 6. The van der Waals surface area contributed by atoms with Crippen molar-refractivity contribution < 1.29 is 4.92 Å². The molecule has 5 nitrogen and oxygen atoms in total. The van der Waals surface area contributed by atoms with Crippen LogP contribution in [0.5, 0.6) is 0 Å². The van der Waals surface area contributed by atoms with Gasteiger partial charge in [0.05, 0.1) is 4.92 Å². The van der Waals surface area contributed by atoms with Crippen LogP contribution in [0.15, 0.2) is 65.3 Å². The van der Waals surface area contributed by atoms with Gasteiger partial charge in [0, 0.05) is 23.2 Å². The molecule has 0 aliphatic carbocycles. The molecular weight excluding hydrogens is 418 g/mol. The zero-order valence-corrected chi connectivity index (χ0v) is 16.0. The van der Waals surface area contributed by atoms with Crippen LogP contribution in [0, 0.1) is 10.1 Å². The third-order valence-corrected chi connectivity index (χ3v) is 4.65. The van der Waals surface area contributed by atoms with Crippen molar-refractivity contribution in [2.75, 3.05) is 11.9 Å². The highest BCUT2D eigenvalue weighted by Gasteiger charge is 2.15. The summed E-state index contributed by atoms with van der Waals surface area (Å²) < 4.78 is 0.551. The first-order valence-corrected chi connectivity index (χ1v) is 9.10. The smallest absolute Gasteiger partial charge is 0.311 e. The molecule has 0 spiro atoms. The third-order valence-electron chi connectivity index (χ3n) is 3.88. The molecule has 0 aliphatic rings. The molecule has 2 aromatic carbocycles. The normalized spacial score (nSPS) is 10.5. The van der Waals surface area contributed by atoms with E-state index in [9.17, 15) is 10.1 Å². The lowest BCUT2D eigenvalue weighted by atomic mass is 10.0. The van der Waals surface area contributed by atoms with Crippen molar-refractivity contribution in [2.24, 2.45) is 0 Å². The Kier molecular flexibility index (Phi) is 5.85. The Hall–Kier alpha value is -2.44. The SMILES string of the molecule is O=[N+]([O-])c1ccc(Br)nc1NCCc1ccc(-c2ccccc2Cl)cc1. The zero-order valence-electron chi connectivity index (χ0n) is 13.7. The maximum atomic E-state index is 11.1. The van der Waals surface area contributed by atoms with Crippen LogP contribution in [0.4, 0.5) is 11.5 Å². The predicted octanol–water partition coefficient (Wildman–Crippen LogP) is 5.73. The van der Waals surface area contributed by atoms with E-state index in [1.807, 2.05) is 48.5 Å². The maximum absolute atomic E-state index is 11.1. The number of nitrogens with one attached hydrogen (secondary N) is 1. The molecule has 26 heavy (non-hydrogen) atoms. The molecule has 3 rings (SSSR count). The minimum absolute atomic E-state index is 0.0396. The Morgan fingerprint density at radius 1 is 1.08 bits per heavy atom. The standard InChI is InChI=1S/C19H15BrClN3O2/c20-18-10-9-17(24(25)26)19(23-18)22-12-11-13-5-7-14(8-6-13)15-3-1-2-4-16(15)21/h1-10H,11-12H2,(H,22,23). The fraction of sp³-hybridized carbons (Fsp3) is 0.105. The number of aromatic nitrogens is 1. The summed E-state index contributed by atoms with van der Waals surface area (Å²) in [6.07, 6.45) is 0.716. The first-order chi connectivity index (χ1) is 12.5. The summed E-state index contributed by atoms with van der Waals surface area (Å²) in [6, 6.07) is 18.8. The van der Waals surface area contributed by atoms with Crippen LogP contribution < -0.4 is 5.32 Å². The molecule has 1 N–H and O–H groups in total. The van der Waals surface area contributed by atoms with Crippen LogP contribution in [-0.2, 0) is 6.42 Å². The quantitative estimate of drug-likeness (QED) is 0.307. The van der Waals surface area contributed by atoms with Crippen LogP contribution in [0.3, 0.4) is 0 Å². The summed E-state index contributed by atoms with van der Waals surface area (Å²) in [6.45, 7) is 0.537.